The van der Waals surface area contributed by atoms with Gasteiger partial charge in [0.25, 0.3) is 0 Å². The van der Waals surface area contributed by atoms with Crippen molar-refractivity contribution in [3.8, 4) is 0 Å². The van der Waals surface area contributed by atoms with Gasteiger partial charge in [0.15, 0.2) is 6.10 Å². The Morgan fingerprint density at radius 3 is 2.41 bits per heavy atom. The molecule has 0 aromatic heterocycles. The Hall–Kier alpha value is -2.39. The van der Waals surface area contributed by atoms with E-state index in [0.717, 1.165) is 48.3 Å². The summed E-state index contributed by atoms with van der Waals surface area (Å²) in [6.07, 6.45) is 9.39. The molecular weight excluding hydrogens is 576 g/mol. The molecular formula is C31H40BrN2O4S+. The number of hydrogen-bond donors (Lipinski definition) is 2. The Morgan fingerprint density at radius 2 is 1.77 bits per heavy atom. The van der Waals surface area contributed by atoms with Gasteiger partial charge in [0.1, 0.15) is 19.1 Å². The lowest BCUT2D eigenvalue weighted by Crippen LogP contribution is -3.15. The zero-order valence-electron chi connectivity index (χ0n) is 22.8. The molecule has 0 saturated carbocycles. The maximum Gasteiger partial charge on any atom is 0.329 e. The van der Waals surface area contributed by atoms with Gasteiger partial charge in [-0.1, -0.05) is 102 Å². The van der Waals surface area contributed by atoms with Crippen LogP contribution >= 0.6 is 15.9 Å². The van der Waals surface area contributed by atoms with Gasteiger partial charge in [-0.3, -0.25) is 4.79 Å². The van der Waals surface area contributed by atoms with E-state index in [-0.39, 0.29) is 17.8 Å². The summed E-state index contributed by atoms with van der Waals surface area (Å²) in [7, 11) is -1.47. The van der Waals surface area contributed by atoms with Crippen molar-refractivity contribution in [2.45, 2.75) is 50.5 Å². The van der Waals surface area contributed by atoms with Crippen LogP contribution in [0.2, 0.25) is 0 Å². The summed E-state index contributed by atoms with van der Waals surface area (Å²) in [6.45, 7) is 4.00. The lowest BCUT2D eigenvalue weighted by molar-refractivity contribution is -0.901. The summed E-state index contributed by atoms with van der Waals surface area (Å²) >= 11 is 2.94. The van der Waals surface area contributed by atoms with Crippen molar-refractivity contribution in [2.24, 2.45) is 5.92 Å². The minimum atomic E-state index is -1.47. The number of ether oxygens (including phenoxy) is 1. The number of rotatable bonds is 11. The second-order valence-corrected chi connectivity index (χ2v) is 11.0. The van der Waals surface area contributed by atoms with Gasteiger partial charge in [-0.15, -0.1) is 0 Å². The summed E-state index contributed by atoms with van der Waals surface area (Å²) in [4.78, 5) is 27.5. The van der Waals surface area contributed by atoms with E-state index in [0.29, 0.717) is 24.4 Å². The molecule has 0 amide bonds. The number of hydrogen-bond acceptors (Lipinski definition) is 4. The first-order valence-corrected chi connectivity index (χ1v) is 16.5. The molecule has 5 atom stereocenters. The first-order valence-electron chi connectivity index (χ1n) is 13.6. The summed E-state index contributed by atoms with van der Waals surface area (Å²) in [5.74, 6) is 2.06. The molecule has 1 fully saturated rings. The number of esters is 1. The van der Waals surface area contributed by atoms with Gasteiger partial charge >= 0.3 is 5.97 Å². The van der Waals surface area contributed by atoms with Gasteiger partial charge < -0.3 is 9.64 Å². The molecule has 39 heavy (non-hydrogen) atoms. The molecule has 210 valence electrons. The second-order valence-electron chi connectivity index (χ2n) is 9.81. The quantitative estimate of drug-likeness (QED) is 0.292. The largest absolute Gasteiger partial charge is 0.455 e. The standard InChI is InChI=1S/C30H36N2O4S.CH3Br/c1-2-24-18-19-32(20-27(33)25-14-8-4-9-15-25)21-28(24)36-30(34)29(26-16-10-5-11-17-26)31-37(35)22-23-12-6-3-7-13-23;1-2/h3,5-8,10-17,24,28-29,31H,2,4,9,18-22H2,1H3;1H3/p+1/t24?,28-,29?,37?;/m0./s1. The van der Waals surface area contributed by atoms with E-state index < -0.39 is 23.0 Å². The van der Waals surface area contributed by atoms with Crippen LogP contribution in [0.25, 0.3) is 0 Å². The van der Waals surface area contributed by atoms with Gasteiger partial charge in [-0.2, -0.15) is 0 Å². The van der Waals surface area contributed by atoms with Crippen molar-refractivity contribution in [3.05, 3.63) is 95.6 Å². The van der Waals surface area contributed by atoms with Crippen LogP contribution in [0.5, 0.6) is 0 Å². The summed E-state index contributed by atoms with van der Waals surface area (Å²) in [5.41, 5.74) is 2.44. The monoisotopic (exact) mass is 615 g/mol. The maximum atomic E-state index is 13.5. The zero-order chi connectivity index (χ0) is 28.0. The molecule has 4 unspecified atom stereocenters. The van der Waals surface area contributed by atoms with Crippen LogP contribution in [-0.2, 0) is 31.1 Å². The normalized spacial score (nSPS) is 22.0. The number of carbonyl (C=O) groups excluding carboxylic acids is 2. The van der Waals surface area contributed by atoms with Crippen molar-refractivity contribution < 1.29 is 23.4 Å². The van der Waals surface area contributed by atoms with E-state index in [1.807, 2.05) is 78.6 Å². The number of quaternary nitrogens is 1. The highest BCUT2D eigenvalue weighted by Gasteiger charge is 2.37. The van der Waals surface area contributed by atoms with Crippen molar-refractivity contribution in [2.75, 3.05) is 25.5 Å². The number of benzene rings is 2. The van der Waals surface area contributed by atoms with E-state index in [4.69, 9.17) is 4.74 Å². The van der Waals surface area contributed by atoms with Crippen LogP contribution in [0.3, 0.4) is 0 Å². The van der Waals surface area contributed by atoms with E-state index in [9.17, 15) is 13.8 Å². The van der Waals surface area contributed by atoms with Crippen LogP contribution in [0, 0.1) is 5.92 Å². The molecule has 2 N–H and O–H groups in total. The number of alkyl halides is 1. The SMILES string of the molecule is CBr.CCC1CC[NH+](CC(=O)C2=CCCC=C2)C[C@@H]1OC(=O)C(NS(=O)Cc1ccccc1)c1ccccc1. The maximum absolute atomic E-state index is 13.5. The average molecular weight is 617 g/mol. The summed E-state index contributed by atoms with van der Waals surface area (Å²) < 4.78 is 22.1. The Bertz CT molecular complexity index is 1140. The van der Waals surface area contributed by atoms with Gasteiger partial charge in [0, 0.05) is 17.9 Å². The van der Waals surface area contributed by atoms with Gasteiger partial charge in [0.2, 0.25) is 5.78 Å². The van der Waals surface area contributed by atoms with Crippen LogP contribution in [0.1, 0.15) is 49.8 Å². The molecule has 1 aliphatic carbocycles. The van der Waals surface area contributed by atoms with Crippen LogP contribution in [0.15, 0.2) is 84.5 Å². The molecule has 1 saturated heterocycles. The van der Waals surface area contributed by atoms with E-state index in [2.05, 4.69) is 33.7 Å². The number of nitrogens with one attached hydrogen (secondary N) is 2. The highest BCUT2D eigenvalue weighted by Crippen LogP contribution is 2.22. The topological polar surface area (TPSA) is 76.9 Å². The molecule has 6 nitrogen and oxygen atoms in total. The fourth-order valence-corrected chi connectivity index (χ4v) is 6.13. The number of piperidine rings is 1. The Kier molecular flexibility index (Phi) is 13.3. The third-order valence-corrected chi connectivity index (χ3v) is 8.26. The molecule has 2 aromatic rings. The average Bonchev–Trinajstić information content (AvgIpc) is 2.98. The van der Waals surface area contributed by atoms with Crippen LogP contribution < -0.4 is 9.62 Å². The number of halogens is 1. The number of carbonyl (C=O) groups is 2. The number of allylic oxidation sites excluding steroid dienone is 3. The molecule has 0 spiro atoms. The number of Topliss-reactive ketones (excluding diaryl/α,β-unsaturated/α-hetero) is 1. The summed E-state index contributed by atoms with van der Waals surface area (Å²) in [6, 6.07) is 18.0. The van der Waals surface area contributed by atoms with E-state index >= 15 is 0 Å². The van der Waals surface area contributed by atoms with Gasteiger partial charge in [0.05, 0.1) is 23.3 Å². The first kappa shape index (κ1) is 31.1. The first-order chi connectivity index (χ1) is 19.0. The Labute approximate surface area is 243 Å². The molecule has 0 bridgehead atoms. The Morgan fingerprint density at radius 1 is 1.08 bits per heavy atom. The highest BCUT2D eigenvalue weighted by atomic mass is 79.9. The smallest absolute Gasteiger partial charge is 0.329 e. The third-order valence-electron chi connectivity index (χ3n) is 7.16. The van der Waals surface area contributed by atoms with Crippen molar-refractivity contribution >= 4 is 38.7 Å². The van der Waals surface area contributed by atoms with E-state index in [1.165, 1.54) is 0 Å². The van der Waals surface area contributed by atoms with Crippen molar-refractivity contribution in [3.63, 3.8) is 0 Å². The molecule has 8 heteroatoms. The fraction of sp³-hybridized carbons (Fsp3) is 0.419. The second kappa shape index (κ2) is 16.7. The van der Waals surface area contributed by atoms with Crippen LogP contribution in [0.4, 0.5) is 0 Å². The van der Waals surface area contributed by atoms with E-state index in [1.54, 1.807) is 0 Å². The predicted molar refractivity (Wildman–Crippen MR) is 161 cm³/mol. The molecule has 2 aromatic carbocycles. The molecule has 4 rings (SSSR count). The van der Waals surface area contributed by atoms with Gasteiger partial charge in [-0.25, -0.2) is 13.7 Å². The number of ketones is 1. The Balaban J connectivity index is 0.00000205. The number of likely N-dealkylation sites (tertiary alicyclic amines) is 1. The molecule has 0 radical (unpaired) electrons. The van der Waals surface area contributed by atoms with Crippen LogP contribution in [-0.4, -0.2) is 47.5 Å². The lowest BCUT2D eigenvalue weighted by Gasteiger charge is -2.35. The predicted octanol–water partition coefficient (Wildman–Crippen LogP) is 4.26. The molecule has 1 aliphatic heterocycles. The minimum Gasteiger partial charge on any atom is -0.455 e. The lowest BCUT2D eigenvalue weighted by atomic mass is 9.90. The highest BCUT2D eigenvalue weighted by molar-refractivity contribution is 9.08. The van der Waals surface area contributed by atoms with Crippen molar-refractivity contribution in [1.82, 2.24) is 4.72 Å². The molecule has 2 aliphatic rings. The minimum absolute atomic E-state index is 0.145. The summed E-state index contributed by atoms with van der Waals surface area (Å²) in [5, 5.41) is 0. The molecule has 1 heterocycles. The fourth-order valence-electron chi connectivity index (χ4n) is 5.06. The van der Waals surface area contributed by atoms with Crippen molar-refractivity contribution in [1.29, 1.82) is 0 Å². The van der Waals surface area contributed by atoms with Gasteiger partial charge in [-0.05, 0) is 36.2 Å². The third kappa shape index (κ3) is 9.64. The zero-order valence-corrected chi connectivity index (χ0v) is 25.2.